The lowest BCUT2D eigenvalue weighted by atomic mass is 10.1. The summed E-state index contributed by atoms with van der Waals surface area (Å²) in [6.07, 6.45) is 1.91. The molecule has 2 heterocycles. The Labute approximate surface area is 134 Å². The number of amides is 1. The lowest BCUT2D eigenvalue weighted by molar-refractivity contribution is 0.0914. The van der Waals surface area contributed by atoms with Crippen molar-refractivity contribution in [1.82, 2.24) is 15.1 Å². The highest BCUT2D eigenvalue weighted by molar-refractivity contribution is 5.96. The van der Waals surface area contributed by atoms with Crippen molar-refractivity contribution < 1.29 is 13.9 Å². The van der Waals surface area contributed by atoms with Gasteiger partial charge in [0.05, 0.1) is 18.8 Å². The van der Waals surface area contributed by atoms with Crippen LogP contribution >= 0.6 is 0 Å². The third-order valence-corrected chi connectivity index (χ3v) is 3.81. The van der Waals surface area contributed by atoms with Crippen LogP contribution in [0.4, 0.5) is 0 Å². The molecule has 0 fully saturated rings. The number of carbonyl (C=O) groups excluding carboxylic acids is 1. The van der Waals surface area contributed by atoms with Gasteiger partial charge in [0.1, 0.15) is 11.3 Å². The van der Waals surface area contributed by atoms with Gasteiger partial charge in [0.15, 0.2) is 5.76 Å². The van der Waals surface area contributed by atoms with Gasteiger partial charge in [-0.15, -0.1) is 0 Å². The summed E-state index contributed by atoms with van der Waals surface area (Å²) in [7, 11) is 3.46. The van der Waals surface area contributed by atoms with Crippen molar-refractivity contribution in [2.75, 3.05) is 7.11 Å². The smallest absolute Gasteiger partial charge is 0.287 e. The molecule has 0 aliphatic carbocycles. The summed E-state index contributed by atoms with van der Waals surface area (Å²) in [5.74, 6) is 0.752. The zero-order valence-electron chi connectivity index (χ0n) is 13.6. The fourth-order valence-electron chi connectivity index (χ4n) is 2.65. The first-order valence-corrected chi connectivity index (χ1v) is 7.36. The molecule has 0 radical (unpaired) electrons. The predicted octanol–water partition coefficient (Wildman–Crippen LogP) is 2.97. The zero-order valence-corrected chi connectivity index (χ0v) is 13.6. The van der Waals surface area contributed by atoms with Crippen LogP contribution in [0.2, 0.25) is 0 Å². The lowest BCUT2D eigenvalue weighted by Crippen LogP contribution is -2.26. The molecule has 23 heavy (non-hydrogen) atoms. The molecule has 1 aromatic carbocycles. The highest BCUT2D eigenvalue weighted by Gasteiger charge is 2.18. The number of benzene rings is 1. The Morgan fingerprint density at radius 1 is 1.39 bits per heavy atom. The predicted molar refractivity (Wildman–Crippen MR) is 86.6 cm³/mol. The molecular formula is C17H19N3O3. The molecule has 1 N–H and O–H groups in total. The van der Waals surface area contributed by atoms with Crippen LogP contribution in [-0.2, 0) is 7.05 Å². The molecule has 0 aliphatic rings. The third kappa shape index (κ3) is 2.92. The largest absolute Gasteiger partial charge is 0.497 e. The van der Waals surface area contributed by atoms with Gasteiger partial charge in [-0.1, -0.05) is 0 Å². The molecule has 0 unspecified atom stereocenters. The van der Waals surface area contributed by atoms with Crippen molar-refractivity contribution in [3.63, 3.8) is 0 Å². The molecule has 6 heteroatoms. The molecule has 3 aromatic rings. The maximum absolute atomic E-state index is 12.4. The number of aryl methyl sites for hydroxylation is 2. The highest BCUT2D eigenvalue weighted by Crippen LogP contribution is 2.25. The second kappa shape index (κ2) is 5.79. The Kier molecular flexibility index (Phi) is 3.82. The number of nitrogens with one attached hydrogen (secondary N) is 1. The molecule has 3 rings (SSSR count). The monoisotopic (exact) mass is 313 g/mol. The summed E-state index contributed by atoms with van der Waals surface area (Å²) < 4.78 is 12.5. The van der Waals surface area contributed by atoms with Crippen molar-refractivity contribution >= 4 is 16.9 Å². The van der Waals surface area contributed by atoms with Crippen molar-refractivity contribution in [3.05, 3.63) is 47.5 Å². The minimum atomic E-state index is -0.254. The van der Waals surface area contributed by atoms with Crippen LogP contribution in [-0.4, -0.2) is 22.8 Å². The summed E-state index contributed by atoms with van der Waals surface area (Å²) in [4.78, 5) is 12.4. The average molecular weight is 313 g/mol. The summed E-state index contributed by atoms with van der Waals surface area (Å²) in [6.45, 7) is 3.85. The normalized spacial score (nSPS) is 12.3. The van der Waals surface area contributed by atoms with Gasteiger partial charge in [0.2, 0.25) is 0 Å². The number of fused-ring (bicyclic) bond motifs is 1. The second-order valence-corrected chi connectivity index (χ2v) is 5.55. The number of ether oxygens (including phenoxy) is 1. The van der Waals surface area contributed by atoms with E-state index in [0.717, 1.165) is 22.4 Å². The molecule has 120 valence electrons. The number of rotatable bonds is 4. The summed E-state index contributed by atoms with van der Waals surface area (Å²) in [5, 5.41) is 8.07. The number of furan rings is 1. The second-order valence-electron chi connectivity index (χ2n) is 5.55. The first-order valence-electron chi connectivity index (χ1n) is 7.36. The molecule has 2 aromatic heterocycles. The van der Waals surface area contributed by atoms with Crippen LogP contribution in [0.15, 0.2) is 34.9 Å². The van der Waals surface area contributed by atoms with E-state index in [1.54, 1.807) is 30.0 Å². The number of hydrogen-bond donors (Lipinski definition) is 1. The van der Waals surface area contributed by atoms with E-state index in [1.165, 1.54) is 0 Å². The topological polar surface area (TPSA) is 69.3 Å². The standard InChI is InChI=1S/C17H19N3O3/c1-10(14-9-20(3)19-11(14)2)18-17(21)16-8-12-7-13(22-4)5-6-15(12)23-16/h5-10H,1-4H3,(H,18,21)/t10-/m1/s1. The number of carbonyl (C=O) groups is 1. The van der Waals surface area contributed by atoms with E-state index < -0.39 is 0 Å². The van der Waals surface area contributed by atoms with Crippen molar-refractivity contribution in [2.45, 2.75) is 19.9 Å². The van der Waals surface area contributed by atoms with Crippen LogP contribution in [0.5, 0.6) is 5.75 Å². The van der Waals surface area contributed by atoms with Gasteiger partial charge >= 0.3 is 0 Å². The maximum Gasteiger partial charge on any atom is 0.287 e. The fourth-order valence-corrected chi connectivity index (χ4v) is 2.65. The van der Waals surface area contributed by atoms with Crippen molar-refractivity contribution in [3.8, 4) is 5.75 Å². The Bertz CT molecular complexity index is 863. The van der Waals surface area contributed by atoms with Gasteiger partial charge in [-0.2, -0.15) is 5.10 Å². The SMILES string of the molecule is COc1ccc2oc(C(=O)N[C@H](C)c3cn(C)nc3C)cc2c1. The highest BCUT2D eigenvalue weighted by atomic mass is 16.5. The van der Waals surface area contributed by atoms with Gasteiger partial charge < -0.3 is 14.5 Å². The van der Waals surface area contributed by atoms with E-state index >= 15 is 0 Å². The van der Waals surface area contributed by atoms with Crippen LogP contribution in [0.3, 0.4) is 0 Å². The Morgan fingerprint density at radius 3 is 2.83 bits per heavy atom. The van der Waals surface area contributed by atoms with Crippen LogP contribution in [0.25, 0.3) is 11.0 Å². The number of hydrogen-bond acceptors (Lipinski definition) is 4. The van der Waals surface area contributed by atoms with Crippen LogP contribution < -0.4 is 10.1 Å². The first-order chi connectivity index (χ1) is 11.0. The summed E-state index contributed by atoms with van der Waals surface area (Å²) in [6, 6.07) is 6.99. The molecule has 0 aliphatic heterocycles. The fraction of sp³-hybridized carbons (Fsp3) is 0.294. The average Bonchev–Trinajstić information content (AvgIpc) is 3.09. The van der Waals surface area contributed by atoms with E-state index in [1.807, 2.05) is 33.2 Å². The molecule has 0 saturated heterocycles. The van der Waals surface area contributed by atoms with Gasteiger partial charge in [-0.3, -0.25) is 9.48 Å². The molecule has 0 saturated carbocycles. The molecule has 1 atom stereocenters. The zero-order chi connectivity index (χ0) is 16.6. The molecule has 0 spiro atoms. The Balaban J connectivity index is 1.81. The molecule has 6 nitrogen and oxygen atoms in total. The summed E-state index contributed by atoms with van der Waals surface area (Å²) in [5.41, 5.74) is 2.54. The van der Waals surface area contributed by atoms with E-state index in [4.69, 9.17) is 9.15 Å². The maximum atomic E-state index is 12.4. The number of aromatic nitrogens is 2. The van der Waals surface area contributed by atoms with Gasteiger partial charge in [-0.25, -0.2) is 0 Å². The number of nitrogens with zero attached hydrogens (tertiary/aromatic N) is 2. The lowest BCUT2D eigenvalue weighted by Gasteiger charge is -2.11. The molecule has 0 bridgehead atoms. The van der Waals surface area contributed by atoms with E-state index in [-0.39, 0.29) is 17.7 Å². The minimum Gasteiger partial charge on any atom is -0.497 e. The van der Waals surface area contributed by atoms with E-state index in [9.17, 15) is 4.79 Å². The first kappa shape index (κ1) is 15.1. The summed E-state index contributed by atoms with van der Waals surface area (Å²) >= 11 is 0. The number of methoxy groups -OCH3 is 1. The Hall–Kier alpha value is -2.76. The van der Waals surface area contributed by atoms with E-state index in [2.05, 4.69) is 10.4 Å². The van der Waals surface area contributed by atoms with Gasteiger partial charge in [0.25, 0.3) is 5.91 Å². The van der Waals surface area contributed by atoms with Gasteiger partial charge in [0, 0.05) is 24.2 Å². The minimum absolute atomic E-state index is 0.154. The quantitative estimate of drug-likeness (QED) is 0.804. The van der Waals surface area contributed by atoms with Crippen molar-refractivity contribution in [1.29, 1.82) is 0 Å². The van der Waals surface area contributed by atoms with Crippen molar-refractivity contribution in [2.24, 2.45) is 7.05 Å². The van der Waals surface area contributed by atoms with E-state index in [0.29, 0.717) is 5.58 Å². The molecular weight excluding hydrogens is 294 g/mol. The van der Waals surface area contributed by atoms with Gasteiger partial charge in [-0.05, 0) is 38.1 Å². The molecule has 1 amide bonds. The van der Waals surface area contributed by atoms with Crippen LogP contribution in [0, 0.1) is 6.92 Å². The Morgan fingerprint density at radius 2 is 2.17 bits per heavy atom. The third-order valence-electron chi connectivity index (χ3n) is 3.81. The van der Waals surface area contributed by atoms with Crippen LogP contribution in [0.1, 0.15) is 34.8 Å².